The number of hydrogen-bond donors (Lipinski definition) is 0. The lowest BCUT2D eigenvalue weighted by Gasteiger charge is -2.47. The van der Waals surface area contributed by atoms with Gasteiger partial charge in [-0.2, -0.15) is 0 Å². The second kappa shape index (κ2) is 2.86. The molecule has 0 radical (unpaired) electrons. The molecule has 0 N–H and O–H groups in total. The molecule has 0 unspecified atom stereocenters. The molecule has 1 rings (SSSR count). The van der Waals surface area contributed by atoms with Crippen molar-refractivity contribution >= 4 is 47.6 Å². The van der Waals surface area contributed by atoms with Crippen molar-refractivity contribution in [3.8, 4) is 0 Å². The highest BCUT2D eigenvalue weighted by Gasteiger charge is 2.48. The van der Waals surface area contributed by atoms with Gasteiger partial charge in [0.15, 0.2) is 22.3 Å². The van der Waals surface area contributed by atoms with Gasteiger partial charge in [-0.3, -0.25) is 0 Å². The summed E-state index contributed by atoms with van der Waals surface area (Å²) in [5.74, 6) is 0. The average molecular weight is 216 g/mol. The van der Waals surface area contributed by atoms with Crippen molar-refractivity contribution in [3.63, 3.8) is 0 Å². The van der Waals surface area contributed by atoms with Crippen molar-refractivity contribution in [1.82, 2.24) is 0 Å². The van der Waals surface area contributed by atoms with Crippen LogP contribution in [0.1, 0.15) is 0 Å². The van der Waals surface area contributed by atoms with Crippen LogP contribution in [-0.2, 0) is 12.3 Å². The summed E-state index contributed by atoms with van der Waals surface area (Å²) in [6.07, 6.45) is 0. The first-order chi connectivity index (χ1) is 5.12. The van der Waals surface area contributed by atoms with Gasteiger partial charge in [0.1, 0.15) is 0 Å². The Bertz CT molecular complexity index is 151. The molecule has 0 bridgehead atoms. The lowest BCUT2D eigenvalue weighted by molar-refractivity contribution is 0.270. The van der Waals surface area contributed by atoms with Crippen molar-refractivity contribution in [1.29, 1.82) is 0 Å². The van der Waals surface area contributed by atoms with Crippen LogP contribution >= 0.6 is 0 Å². The average Bonchev–Trinajstić information content (AvgIpc) is 1.44. The second-order valence-corrected chi connectivity index (χ2v) is 15.4. The number of rotatable bonds is 0. The summed E-state index contributed by atoms with van der Waals surface area (Å²) in [7, 11) is 0.700. The minimum atomic E-state index is -1.86. The third-order valence-electron chi connectivity index (χ3n) is 1.47. The lowest BCUT2D eigenvalue weighted by atomic mass is 10.7. The third-order valence-corrected chi connectivity index (χ3v) is 13.3. The van der Waals surface area contributed by atoms with Gasteiger partial charge in [0.2, 0.25) is 0 Å². The molecule has 1 heterocycles. The first kappa shape index (κ1) is 10.8. The Hall–Kier alpha value is 0.725. The highest BCUT2D eigenvalue weighted by molar-refractivity contribution is 7.28. The van der Waals surface area contributed by atoms with Crippen molar-refractivity contribution in [3.05, 3.63) is 0 Å². The smallest absolute Gasteiger partial charge is 0.263 e. The minimum absolute atomic E-state index is 1.86. The molecular formula is C3H15B3O3Si3. The summed E-state index contributed by atoms with van der Waals surface area (Å²) >= 11 is 0. The Morgan fingerprint density at radius 1 is 0.667 bits per heavy atom. The van der Waals surface area contributed by atoms with Gasteiger partial charge in [-0.05, 0) is 19.6 Å². The molecule has 1 saturated heterocycles. The van der Waals surface area contributed by atoms with Crippen molar-refractivity contribution < 1.29 is 12.3 Å². The molecule has 0 saturated carbocycles. The highest BCUT2D eigenvalue weighted by atomic mass is 28.5. The standard InChI is InChI=1S/C3H15B3O3Si3/c1-10(4)7-11(2,5)9-12(3,6)8-10/h4-6H2,1-3H3. The van der Waals surface area contributed by atoms with Gasteiger partial charge in [0.25, 0.3) is 25.3 Å². The van der Waals surface area contributed by atoms with Crippen LogP contribution in [0, 0.1) is 0 Å². The number of hydrogen-bond acceptors (Lipinski definition) is 3. The summed E-state index contributed by atoms with van der Waals surface area (Å²) in [5, 5.41) is 0. The lowest BCUT2D eigenvalue weighted by Crippen LogP contribution is -2.68. The van der Waals surface area contributed by atoms with Crippen LogP contribution in [0.25, 0.3) is 0 Å². The minimum Gasteiger partial charge on any atom is -0.427 e. The molecule has 0 aliphatic carbocycles. The van der Waals surface area contributed by atoms with Gasteiger partial charge in [0.05, 0.1) is 0 Å². The van der Waals surface area contributed by atoms with Crippen molar-refractivity contribution in [2.75, 3.05) is 0 Å². The van der Waals surface area contributed by atoms with Crippen LogP contribution in [0.3, 0.4) is 0 Å². The summed E-state index contributed by atoms with van der Waals surface area (Å²) < 4.78 is 17.6. The maximum atomic E-state index is 5.86. The molecule has 66 valence electrons. The highest BCUT2D eigenvalue weighted by Crippen LogP contribution is 2.24. The van der Waals surface area contributed by atoms with Crippen molar-refractivity contribution in [2.24, 2.45) is 0 Å². The van der Waals surface area contributed by atoms with E-state index in [0.717, 1.165) is 0 Å². The molecule has 12 heavy (non-hydrogen) atoms. The molecule has 1 fully saturated rings. The molecule has 0 aromatic heterocycles. The fourth-order valence-electron chi connectivity index (χ4n) is 1.84. The van der Waals surface area contributed by atoms with E-state index < -0.39 is 25.3 Å². The zero-order valence-electron chi connectivity index (χ0n) is 8.72. The van der Waals surface area contributed by atoms with E-state index in [1.54, 1.807) is 0 Å². The summed E-state index contributed by atoms with van der Waals surface area (Å²) in [6.45, 7) is 6.29. The first-order valence-electron chi connectivity index (χ1n) is 4.22. The van der Waals surface area contributed by atoms with Gasteiger partial charge in [-0.1, -0.05) is 0 Å². The van der Waals surface area contributed by atoms with E-state index in [-0.39, 0.29) is 0 Å². The van der Waals surface area contributed by atoms with Gasteiger partial charge >= 0.3 is 0 Å². The predicted molar refractivity (Wildman–Crippen MR) is 63.7 cm³/mol. The third kappa shape index (κ3) is 2.89. The predicted octanol–water partition coefficient (Wildman–Crippen LogP) is -2.34. The Kier molecular flexibility index (Phi) is 2.57. The largest absolute Gasteiger partial charge is 0.427 e. The van der Waals surface area contributed by atoms with Crippen LogP contribution in [0.15, 0.2) is 0 Å². The van der Waals surface area contributed by atoms with Gasteiger partial charge in [0, 0.05) is 0 Å². The quantitative estimate of drug-likeness (QED) is 0.424. The van der Waals surface area contributed by atoms with E-state index in [1.165, 1.54) is 0 Å². The van der Waals surface area contributed by atoms with E-state index in [9.17, 15) is 0 Å². The molecule has 9 heteroatoms. The van der Waals surface area contributed by atoms with Crippen LogP contribution in [0.2, 0.25) is 19.6 Å². The van der Waals surface area contributed by atoms with E-state index in [4.69, 9.17) is 12.3 Å². The molecule has 3 nitrogen and oxygen atoms in total. The monoisotopic (exact) mass is 216 g/mol. The summed E-state index contributed by atoms with van der Waals surface area (Å²) in [5.41, 5.74) is 0. The molecule has 0 aromatic rings. The SMILES string of the molecule is B[Si]1(C)O[Si](B)(C)O[Si](B)(C)O1. The van der Waals surface area contributed by atoms with Crippen molar-refractivity contribution in [2.45, 2.75) is 19.6 Å². The Labute approximate surface area is 80.0 Å². The second-order valence-electron chi connectivity index (χ2n) is 4.51. The first-order valence-corrected chi connectivity index (χ1v) is 12.7. The van der Waals surface area contributed by atoms with Crippen LogP contribution in [0.5, 0.6) is 0 Å². The van der Waals surface area contributed by atoms with E-state index >= 15 is 0 Å². The zero-order valence-corrected chi connectivity index (χ0v) is 11.7. The fraction of sp³-hybridized carbons (Fsp3) is 1.00. The van der Waals surface area contributed by atoms with Gasteiger partial charge in [-0.25, -0.2) is 0 Å². The molecule has 1 aliphatic heterocycles. The van der Waals surface area contributed by atoms with Gasteiger partial charge in [-0.15, -0.1) is 0 Å². The topological polar surface area (TPSA) is 27.7 Å². The summed E-state index contributed by atoms with van der Waals surface area (Å²) in [4.78, 5) is 0. The van der Waals surface area contributed by atoms with E-state index in [0.29, 0.717) is 0 Å². The Balaban J connectivity index is 2.81. The molecule has 0 amide bonds. The molecular weight excluding hydrogens is 201 g/mol. The van der Waals surface area contributed by atoms with Crippen LogP contribution < -0.4 is 0 Å². The normalized spacial score (nSPS) is 55.2. The zero-order chi connectivity index (χ0) is 9.62. The van der Waals surface area contributed by atoms with E-state index in [1.807, 2.05) is 0 Å². The fourth-order valence-corrected chi connectivity index (χ4v) is 17.7. The maximum absolute atomic E-state index is 5.86. The Morgan fingerprint density at radius 3 is 1.00 bits per heavy atom. The Morgan fingerprint density at radius 2 is 0.833 bits per heavy atom. The summed E-state index contributed by atoms with van der Waals surface area (Å²) in [6, 6.07) is 0. The van der Waals surface area contributed by atoms with Crippen LogP contribution in [0.4, 0.5) is 0 Å². The maximum Gasteiger partial charge on any atom is 0.263 e. The molecule has 0 atom stereocenters. The van der Waals surface area contributed by atoms with Crippen LogP contribution in [-0.4, -0.2) is 47.6 Å². The molecule has 0 aromatic carbocycles. The van der Waals surface area contributed by atoms with E-state index in [2.05, 4.69) is 42.0 Å². The van der Waals surface area contributed by atoms with Gasteiger partial charge < -0.3 is 12.3 Å². The molecule has 1 aliphatic rings. The molecule has 0 spiro atoms.